The van der Waals surface area contributed by atoms with Crippen LogP contribution in [0.2, 0.25) is 0 Å². The normalized spacial score (nSPS) is 21.8. The van der Waals surface area contributed by atoms with Crippen molar-refractivity contribution in [3.63, 3.8) is 0 Å². The molecule has 0 aliphatic heterocycles. The van der Waals surface area contributed by atoms with Crippen molar-refractivity contribution in [2.75, 3.05) is 13.1 Å². The smallest absolute Gasteiger partial charge is 0.00174 e. The average molecular weight is 195 g/mol. The van der Waals surface area contributed by atoms with Gasteiger partial charge in [0.25, 0.3) is 0 Å². The van der Waals surface area contributed by atoms with Gasteiger partial charge in [-0.2, -0.15) is 0 Å². The van der Waals surface area contributed by atoms with Crippen LogP contribution in [0.25, 0.3) is 0 Å². The Hall–Kier alpha value is -0.300. The van der Waals surface area contributed by atoms with E-state index >= 15 is 0 Å². The van der Waals surface area contributed by atoms with Crippen LogP contribution in [0.1, 0.15) is 46.0 Å². The zero-order valence-corrected chi connectivity index (χ0v) is 9.76. The molecule has 0 heterocycles. The van der Waals surface area contributed by atoms with Gasteiger partial charge in [0.15, 0.2) is 0 Å². The predicted octanol–water partition coefficient (Wildman–Crippen LogP) is 3.37. The minimum Gasteiger partial charge on any atom is -0.316 e. The van der Waals surface area contributed by atoms with Crippen LogP contribution in [0, 0.1) is 11.8 Å². The summed E-state index contributed by atoms with van der Waals surface area (Å²) in [5.41, 5.74) is 0. The Labute approximate surface area is 89.0 Å². The summed E-state index contributed by atoms with van der Waals surface area (Å²) in [5, 5.41) is 3.58. The summed E-state index contributed by atoms with van der Waals surface area (Å²) in [7, 11) is 0. The minimum atomic E-state index is 0.856. The molecule has 0 aromatic heterocycles. The van der Waals surface area contributed by atoms with Crippen molar-refractivity contribution in [3.8, 4) is 0 Å². The third-order valence-electron chi connectivity index (χ3n) is 2.95. The van der Waals surface area contributed by atoms with Crippen LogP contribution < -0.4 is 5.32 Å². The van der Waals surface area contributed by atoms with E-state index < -0.39 is 0 Å². The van der Waals surface area contributed by atoms with Crippen LogP contribution in [-0.2, 0) is 0 Å². The van der Waals surface area contributed by atoms with Crippen molar-refractivity contribution in [2.24, 2.45) is 11.8 Å². The van der Waals surface area contributed by atoms with Crippen LogP contribution in [0.15, 0.2) is 12.2 Å². The zero-order chi connectivity index (χ0) is 10.2. The maximum absolute atomic E-state index is 3.58. The van der Waals surface area contributed by atoms with Crippen LogP contribution >= 0.6 is 0 Å². The molecule has 0 fully saturated rings. The molecule has 0 amide bonds. The molecule has 0 aromatic carbocycles. The molecular formula is C13H25N. The number of hydrogen-bond donors (Lipinski definition) is 1. The summed E-state index contributed by atoms with van der Waals surface area (Å²) >= 11 is 0. The van der Waals surface area contributed by atoms with Gasteiger partial charge in [0.05, 0.1) is 0 Å². The Balaban J connectivity index is 1.90. The third-order valence-corrected chi connectivity index (χ3v) is 2.95. The van der Waals surface area contributed by atoms with Gasteiger partial charge in [0.1, 0.15) is 0 Å². The lowest BCUT2D eigenvalue weighted by molar-refractivity contribution is 0.430. The summed E-state index contributed by atoms with van der Waals surface area (Å²) < 4.78 is 0. The fraction of sp³-hybridized carbons (Fsp3) is 0.846. The van der Waals surface area contributed by atoms with E-state index in [0.717, 1.165) is 11.8 Å². The van der Waals surface area contributed by atoms with E-state index in [0.29, 0.717) is 0 Å². The monoisotopic (exact) mass is 195 g/mol. The lowest BCUT2D eigenvalue weighted by atomic mass is 9.94. The highest BCUT2D eigenvalue weighted by Crippen LogP contribution is 2.16. The number of rotatable bonds is 6. The van der Waals surface area contributed by atoms with Crippen LogP contribution in [0.3, 0.4) is 0 Å². The molecule has 1 heteroatoms. The Morgan fingerprint density at radius 1 is 1.36 bits per heavy atom. The van der Waals surface area contributed by atoms with Crippen molar-refractivity contribution in [3.05, 3.63) is 12.2 Å². The van der Waals surface area contributed by atoms with Crippen LogP contribution in [0.4, 0.5) is 0 Å². The fourth-order valence-corrected chi connectivity index (χ4v) is 1.98. The van der Waals surface area contributed by atoms with Crippen LogP contribution in [0.5, 0.6) is 0 Å². The third kappa shape index (κ3) is 5.43. The number of allylic oxidation sites excluding steroid dienone is 2. The van der Waals surface area contributed by atoms with Crippen molar-refractivity contribution in [1.82, 2.24) is 5.32 Å². The molecule has 0 bridgehead atoms. The maximum atomic E-state index is 3.58. The molecule has 1 unspecified atom stereocenters. The molecule has 0 radical (unpaired) electrons. The molecule has 0 saturated heterocycles. The summed E-state index contributed by atoms with van der Waals surface area (Å²) in [6, 6.07) is 0. The first kappa shape index (κ1) is 11.8. The molecule has 0 saturated carbocycles. The summed E-state index contributed by atoms with van der Waals surface area (Å²) in [4.78, 5) is 0. The molecule has 1 N–H and O–H groups in total. The van der Waals surface area contributed by atoms with Gasteiger partial charge in [-0.15, -0.1) is 0 Å². The van der Waals surface area contributed by atoms with E-state index in [-0.39, 0.29) is 0 Å². The highest BCUT2D eigenvalue weighted by molar-refractivity contribution is 4.90. The molecule has 1 nitrogen and oxygen atoms in total. The van der Waals surface area contributed by atoms with E-state index in [9.17, 15) is 0 Å². The molecule has 1 rings (SSSR count). The van der Waals surface area contributed by atoms with Crippen molar-refractivity contribution >= 4 is 0 Å². The molecule has 1 atom stereocenters. The molecular weight excluding hydrogens is 170 g/mol. The molecule has 1 aliphatic rings. The largest absolute Gasteiger partial charge is 0.316 e. The first-order chi connectivity index (χ1) is 6.79. The Morgan fingerprint density at radius 2 is 2.21 bits per heavy atom. The minimum absolute atomic E-state index is 0.856. The molecule has 0 aromatic rings. The summed E-state index contributed by atoms with van der Waals surface area (Å²) in [6.45, 7) is 7.03. The highest BCUT2D eigenvalue weighted by atomic mass is 14.8. The van der Waals surface area contributed by atoms with Gasteiger partial charge in [-0.3, -0.25) is 0 Å². The molecule has 0 spiro atoms. The summed E-state index contributed by atoms with van der Waals surface area (Å²) in [5.74, 6) is 1.76. The van der Waals surface area contributed by atoms with E-state index in [2.05, 4.69) is 31.3 Å². The molecule has 1 aliphatic carbocycles. The topological polar surface area (TPSA) is 12.0 Å². The number of hydrogen-bond acceptors (Lipinski definition) is 1. The quantitative estimate of drug-likeness (QED) is 0.506. The lowest BCUT2D eigenvalue weighted by Gasteiger charge is -2.18. The molecule has 82 valence electrons. The second-order valence-corrected chi connectivity index (χ2v) is 4.89. The predicted molar refractivity (Wildman–Crippen MR) is 63.4 cm³/mol. The van der Waals surface area contributed by atoms with Gasteiger partial charge >= 0.3 is 0 Å². The van der Waals surface area contributed by atoms with E-state index in [1.165, 1.54) is 45.2 Å². The fourth-order valence-electron chi connectivity index (χ4n) is 1.98. The standard InChI is InChI=1S/C13H25N/c1-12(2)7-6-10-14-11-13-8-4-3-5-9-13/h3-4,12-14H,5-11H2,1-2H3. The number of nitrogens with one attached hydrogen (secondary N) is 1. The Morgan fingerprint density at radius 3 is 2.86 bits per heavy atom. The lowest BCUT2D eigenvalue weighted by Crippen LogP contribution is -2.24. The average Bonchev–Trinajstić information content (AvgIpc) is 2.18. The first-order valence-corrected chi connectivity index (χ1v) is 6.14. The first-order valence-electron chi connectivity index (χ1n) is 6.14. The van der Waals surface area contributed by atoms with Crippen molar-refractivity contribution in [1.29, 1.82) is 0 Å². The SMILES string of the molecule is CC(C)CCCNCC1CC=CCC1. The van der Waals surface area contributed by atoms with Gasteiger partial charge < -0.3 is 5.32 Å². The van der Waals surface area contributed by atoms with Gasteiger partial charge in [-0.25, -0.2) is 0 Å². The second kappa shape index (κ2) is 7.05. The van der Waals surface area contributed by atoms with Crippen LogP contribution in [-0.4, -0.2) is 13.1 Å². The Bertz CT molecular complexity index is 161. The van der Waals surface area contributed by atoms with Gasteiger partial charge in [0.2, 0.25) is 0 Å². The zero-order valence-electron chi connectivity index (χ0n) is 9.76. The van der Waals surface area contributed by atoms with Gasteiger partial charge in [-0.05, 0) is 57.0 Å². The van der Waals surface area contributed by atoms with E-state index in [1.54, 1.807) is 0 Å². The van der Waals surface area contributed by atoms with Gasteiger partial charge in [-0.1, -0.05) is 26.0 Å². The van der Waals surface area contributed by atoms with Gasteiger partial charge in [0, 0.05) is 0 Å². The van der Waals surface area contributed by atoms with Crippen molar-refractivity contribution < 1.29 is 0 Å². The van der Waals surface area contributed by atoms with E-state index in [1.807, 2.05) is 0 Å². The summed E-state index contributed by atoms with van der Waals surface area (Å²) in [6.07, 6.45) is 11.3. The Kier molecular flexibility index (Phi) is 5.93. The molecule has 14 heavy (non-hydrogen) atoms. The second-order valence-electron chi connectivity index (χ2n) is 4.89. The maximum Gasteiger partial charge on any atom is -0.00174 e. The highest BCUT2D eigenvalue weighted by Gasteiger charge is 2.08. The van der Waals surface area contributed by atoms with E-state index in [4.69, 9.17) is 0 Å². The van der Waals surface area contributed by atoms with Crippen molar-refractivity contribution in [2.45, 2.75) is 46.0 Å².